The molecule has 2 aromatic rings. The van der Waals surface area contributed by atoms with Gasteiger partial charge in [0, 0.05) is 19.0 Å². The summed E-state index contributed by atoms with van der Waals surface area (Å²) in [7, 11) is -3.11. The standard InChI is InChI=1S/C17H23N3O4S/c1-2-25(21,22)20-10-8-15(9-11-20)17-18-16(24-19-17)13-23-12-14-6-4-3-5-7-14/h3-7,15H,2,8-13H2,1H3. The van der Waals surface area contributed by atoms with Crippen molar-refractivity contribution in [2.75, 3.05) is 18.8 Å². The molecule has 1 aliphatic rings. The van der Waals surface area contributed by atoms with Gasteiger partial charge in [-0.25, -0.2) is 12.7 Å². The highest BCUT2D eigenvalue weighted by Gasteiger charge is 2.29. The lowest BCUT2D eigenvalue weighted by Crippen LogP contribution is -2.38. The lowest BCUT2D eigenvalue weighted by atomic mass is 9.98. The van der Waals surface area contributed by atoms with E-state index in [2.05, 4.69) is 10.1 Å². The smallest absolute Gasteiger partial charge is 0.252 e. The highest BCUT2D eigenvalue weighted by Crippen LogP contribution is 2.27. The van der Waals surface area contributed by atoms with E-state index in [1.165, 1.54) is 0 Å². The minimum Gasteiger partial charge on any atom is -0.367 e. The number of hydrogen-bond acceptors (Lipinski definition) is 6. The molecule has 0 bridgehead atoms. The van der Waals surface area contributed by atoms with Crippen molar-refractivity contribution in [3.8, 4) is 0 Å². The predicted octanol–water partition coefficient (Wildman–Crippen LogP) is 2.32. The van der Waals surface area contributed by atoms with Crippen LogP contribution in [0, 0.1) is 0 Å². The molecule has 0 atom stereocenters. The summed E-state index contributed by atoms with van der Waals surface area (Å²) in [6.07, 6.45) is 1.42. The van der Waals surface area contributed by atoms with E-state index in [1.807, 2.05) is 30.3 Å². The summed E-state index contributed by atoms with van der Waals surface area (Å²) in [5.74, 6) is 1.37. The topological polar surface area (TPSA) is 85.5 Å². The maximum absolute atomic E-state index is 11.9. The van der Waals surface area contributed by atoms with Crippen molar-refractivity contribution < 1.29 is 17.7 Å². The van der Waals surface area contributed by atoms with E-state index < -0.39 is 10.0 Å². The molecular formula is C17H23N3O4S. The SMILES string of the molecule is CCS(=O)(=O)N1CCC(c2noc(COCc3ccccc3)n2)CC1. The van der Waals surface area contributed by atoms with E-state index in [0.29, 0.717) is 44.3 Å². The third-order valence-corrected chi connectivity index (χ3v) is 6.28. The molecule has 1 fully saturated rings. The molecule has 1 aromatic carbocycles. The largest absolute Gasteiger partial charge is 0.367 e. The van der Waals surface area contributed by atoms with Crippen LogP contribution in [0.5, 0.6) is 0 Å². The summed E-state index contributed by atoms with van der Waals surface area (Å²) in [5, 5.41) is 4.04. The van der Waals surface area contributed by atoms with Crippen molar-refractivity contribution in [1.29, 1.82) is 0 Å². The Labute approximate surface area is 148 Å². The number of aromatic nitrogens is 2. The first-order chi connectivity index (χ1) is 12.1. The Morgan fingerprint density at radius 2 is 1.92 bits per heavy atom. The van der Waals surface area contributed by atoms with Crippen molar-refractivity contribution in [2.45, 2.75) is 38.9 Å². The number of rotatable bonds is 7. The van der Waals surface area contributed by atoms with Crippen LogP contribution in [0.1, 0.15) is 43.0 Å². The molecule has 1 aromatic heterocycles. The zero-order chi connectivity index (χ0) is 17.7. The van der Waals surface area contributed by atoms with E-state index in [4.69, 9.17) is 9.26 Å². The van der Waals surface area contributed by atoms with Crippen LogP contribution in [-0.4, -0.2) is 41.7 Å². The molecule has 2 heterocycles. The Hall–Kier alpha value is -1.77. The second-order valence-electron chi connectivity index (χ2n) is 6.10. The van der Waals surface area contributed by atoms with Crippen molar-refractivity contribution in [2.24, 2.45) is 0 Å². The summed E-state index contributed by atoms with van der Waals surface area (Å²) in [4.78, 5) is 4.40. The summed E-state index contributed by atoms with van der Waals surface area (Å²) < 4.78 is 36.2. The number of hydrogen-bond donors (Lipinski definition) is 0. The van der Waals surface area contributed by atoms with Gasteiger partial charge in [0.1, 0.15) is 6.61 Å². The van der Waals surface area contributed by atoms with E-state index in [-0.39, 0.29) is 18.3 Å². The minimum atomic E-state index is -3.11. The molecule has 0 saturated carbocycles. The second-order valence-corrected chi connectivity index (χ2v) is 8.36. The molecular weight excluding hydrogens is 342 g/mol. The number of sulfonamides is 1. The van der Waals surface area contributed by atoms with Crippen molar-refractivity contribution >= 4 is 10.0 Å². The Morgan fingerprint density at radius 3 is 2.60 bits per heavy atom. The molecule has 25 heavy (non-hydrogen) atoms. The summed E-state index contributed by atoms with van der Waals surface area (Å²) in [6.45, 7) is 3.45. The second kappa shape index (κ2) is 8.07. The van der Waals surface area contributed by atoms with Crippen molar-refractivity contribution in [3.05, 3.63) is 47.6 Å². The summed E-state index contributed by atoms with van der Waals surface area (Å²) >= 11 is 0. The fourth-order valence-corrected chi connectivity index (χ4v) is 4.03. The maximum atomic E-state index is 11.9. The monoisotopic (exact) mass is 365 g/mol. The Bertz CT molecular complexity index is 768. The van der Waals surface area contributed by atoms with Crippen LogP contribution in [0.4, 0.5) is 0 Å². The number of piperidine rings is 1. The minimum absolute atomic E-state index is 0.134. The van der Waals surface area contributed by atoms with Gasteiger partial charge < -0.3 is 9.26 Å². The molecule has 0 radical (unpaired) electrons. The first-order valence-corrected chi connectivity index (χ1v) is 10.1. The van der Waals surface area contributed by atoms with Crippen LogP contribution in [-0.2, 0) is 28.0 Å². The molecule has 3 rings (SSSR count). The molecule has 7 nitrogen and oxygen atoms in total. The van der Waals surface area contributed by atoms with Crippen molar-refractivity contribution in [1.82, 2.24) is 14.4 Å². The van der Waals surface area contributed by atoms with Crippen LogP contribution >= 0.6 is 0 Å². The lowest BCUT2D eigenvalue weighted by Gasteiger charge is -2.29. The van der Waals surface area contributed by atoms with Gasteiger partial charge in [0.15, 0.2) is 5.82 Å². The Kier molecular flexibility index (Phi) is 5.82. The molecule has 0 spiro atoms. The summed E-state index contributed by atoms with van der Waals surface area (Å²) in [5.41, 5.74) is 1.09. The van der Waals surface area contributed by atoms with Crippen LogP contribution < -0.4 is 0 Å². The van der Waals surface area contributed by atoms with E-state index in [0.717, 1.165) is 5.56 Å². The van der Waals surface area contributed by atoms with Gasteiger partial charge in [-0.2, -0.15) is 4.98 Å². The van der Waals surface area contributed by atoms with Gasteiger partial charge in [-0.05, 0) is 25.3 Å². The van der Waals surface area contributed by atoms with Gasteiger partial charge in [-0.15, -0.1) is 0 Å². The van der Waals surface area contributed by atoms with Gasteiger partial charge in [0.25, 0.3) is 5.89 Å². The molecule has 0 amide bonds. The zero-order valence-electron chi connectivity index (χ0n) is 14.3. The molecule has 0 N–H and O–H groups in total. The van der Waals surface area contributed by atoms with Crippen LogP contribution in [0.3, 0.4) is 0 Å². The molecule has 0 unspecified atom stereocenters. The average Bonchev–Trinajstić information content (AvgIpc) is 3.12. The normalized spacial score (nSPS) is 17.0. The van der Waals surface area contributed by atoms with E-state index in [1.54, 1.807) is 11.2 Å². The van der Waals surface area contributed by atoms with E-state index >= 15 is 0 Å². The lowest BCUT2D eigenvalue weighted by molar-refractivity contribution is 0.0850. The van der Waals surface area contributed by atoms with Gasteiger partial charge >= 0.3 is 0 Å². The fourth-order valence-electron chi connectivity index (χ4n) is 2.90. The third-order valence-electron chi connectivity index (χ3n) is 4.40. The molecule has 1 aliphatic heterocycles. The molecule has 8 heteroatoms. The van der Waals surface area contributed by atoms with E-state index in [9.17, 15) is 8.42 Å². The fraction of sp³-hybridized carbons (Fsp3) is 0.529. The predicted molar refractivity (Wildman–Crippen MR) is 92.2 cm³/mol. The van der Waals surface area contributed by atoms with Gasteiger partial charge in [-0.1, -0.05) is 35.5 Å². The zero-order valence-corrected chi connectivity index (χ0v) is 15.1. The number of benzene rings is 1. The first kappa shape index (κ1) is 18.0. The maximum Gasteiger partial charge on any atom is 0.252 e. The van der Waals surface area contributed by atoms with Crippen LogP contribution in [0.25, 0.3) is 0 Å². The van der Waals surface area contributed by atoms with Crippen LogP contribution in [0.15, 0.2) is 34.9 Å². The van der Waals surface area contributed by atoms with Gasteiger partial charge in [-0.3, -0.25) is 0 Å². The molecule has 136 valence electrons. The number of nitrogens with zero attached hydrogens (tertiary/aromatic N) is 3. The van der Waals surface area contributed by atoms with Gasteiger partial charge in [0.2, 0.25) is 10.0 Å². The average molecular weight is 365 g/mol. The molecule has 0 aliphatic carbocycles. The highest BCUT2D eigenvalue weighted by molar-refractivity contribution is 7.89. The highest BCUT2D eigenvalue weighted by atomic mass is 32.2. The quantitative estimate of drug-likeness (QED) is 0.748. The van der Waals surface area contributed by atoms with Crippen LogP contribution in [0.2, 0.25) is 0 Å². The van der Waals surface area contributed by atoms with Gasteiger partial charge in [0.05, 0.1) is 12.4 Å². The Balaban J connectivity index is 1.49. The molecule has 1 saturated heterocycles. The Morgan fingerprint density at radius 1 is 1.20 bits per heavy atom. The first-order valence-electron chi connectivity index (χ1n) is 8.50. The third kappa shape index (κ3) is 4.65. The van der Waals surface area contributed by atoms with Crippen molar-refractivity contribution in [3.63, 3.8) is 0 Å². The number of ether oxygens (including phenoxy) is 1. The summed E-state index contributed by atoms with van der Waals surface area (Å²) in [6, 6.07) is 9.89.